The Morgan fingerprint density at radius 2 is 0.852 bits per heavy atom. The largest absolute Gasteiger partial charge is 0.507 e. The maximum absolute atomic E-state index is 13.5. The van der Waals surface area contributed by atoms with Crippen LogP contribution in [0.1, 0.15) is 101 Å². The summed E-state index contributed by atoms with van der Waals surface area (Å²) in [5.74, 6) is -2.32. The van der Waals surface area contributed by atoms with Crippen LogP contribution in [-0.4, -0.2) is 52.2 Å². The molecule has 14 heteroatoms. The predicted molar refractivity (Wildman–Crippen MR) is 223 cm³/mol. The molecule has 61 heavy (non-hydrogen) atoms. The number of alkyl carbamates (subject to hydrolysis) is 2. The quantitative estimate of drug-likeness (QED) is 0.0568. The number of hydrogen-bond acceptors (Lipinski definition) is 12. The van der Waals surface area contributed by atoms with Crippen molar-refractivity contribution in [2.24, 2.45) is 0 Å². The number of rotatable bonds is 10. The molecule has 6 N–H and O–H groups in total. The zero-order valence-corrected chi connectivity index (χ0v) is 32.6. The van der Waals surface area contributed by atoms with Crippen molar-refractivity contribution in [1.82, 2.24) is 10.6 Å². The van der Waals surface area contributed by atoms with Gasteiger partial charge in [0.25, 0.3) is 0 Å². The smallest absolute Gasteiger partial charge is 0.409 e. The van der Waals surface area contributed by atoms with Gasteiger partial charge in [-0.05, 0) is 73.5 Å². The summed E-state index contributed by atoms with van der Waals surface area (Å²) >= 11 is 0. The summed E-state index contributed by atoms with van der Waals surface area (Å²) in [7, 11) is 0. The number of anilines is 4. The lowest BCUT2D eigenvalue weighted by atomic mass is 9.82. The van der Waals surface area contributed by atoms with E-state index in [0.717, 1.165) is 0 Å². The zero-order chi connectivity index (χ0) is 42.9. The minimum atomic E-state index is -0.826. The number of aromatic hydroxyl groups is 2. The first-order chi connectivity index (χ1) is 29.4. The van der Waals surface area contributed by atoms with Gasteiger partial charge in [-0.25, -0.2) is 9.59 Å². The van der Waals surface area contributed by atoms with Crippen LogP contribution in [0.5, 0.6) is 11.5 Å². The predicted octanol–water partition coefficient (Wildman–Crippen LogP) is 8.37. The van der Waals surface area contributed by atoms with Gasteiger partial charge >= 0.3 is 12.2 Å². The first-order valence-electron chi connectivity index (χ1n) is 19.1. The van der Waals surface area contributed by atoms with E-state index < -0.39 is 47.5 Å². The summed E-state index contributed by atoms with van der Waals surface area (Å²) in [5.41, 5.74) is 3.73. The van der Waals surface area contributed by atoms with E-state index in [4.69, 9.17) is 9.47 Å². The number of nitrogens with one attached hydrogen (secondary N) is 4. The van der Waals surface area contributed by atoms with Gasteiger partial charge in [0.15, 0.2) is 23.1 Å². The monoisotopic (exact) mass is 816 g/mol. The molecular formula is C47H36N4O10. The molecule has 2 aliphatic rings. The zero-order valence-electron chi connectivity index (χ0n) is 32.6. The van der Waals surface area contributed by atoms with E-state index in [0.29, 0.717) is 33.9 Å². The topological polar surface area (TPSA) is 209 Å². The van der Waals surface area contributed by atoms with E-state index >= 15 is 0 Å². The Morgan fingerprint density at radius 3 is 1.23 bits per heavy atom. The highest BCUT2D eigenvalue weighted by molar-refractivity contribution is 6.32. The number of carbonyl (C=O) groups excluding carboxylic acids is 6. The maximum Gasteiger partial charge on any atom is 0.409 e. The molecule has 0 bridgehead atoms. The standard InChI is InChI=1S/C47H36N4O10/c1-24(26-9-7-11-28(21-26)50-34-17-19-36(52)40-38(34)42(54)30-13-3-5-15-32(30)44(40)56)60-46(58)48-23-49-47(59)61-25(2)27-10-8-12-29(22-27)51-35-18-20-37(53)41-39(35)43(55)31-14-4-6-16-33(31)45(41)57/h3-22,24-25,50-53H,23H2,1-2H3,(H,48,58)(H,49,59). The first-order valence-corrected chi connectivity index (χ1v) is 19.1. The summed E-state index contributed by atoms with van der Waals surface area (Å²) in [6.45, 7) is 2.99. The molecule has 304 valence electrons. The van der Waals surface area contributed by atoms with Crippen molar-refractivity contribution in [3.05, 3.63) is 177 Å². The fourth-order valence-electron chi connectivity index (χ4n) is 7.40. The van der Waals surface area contributed by atoms with Gasteiger partial charge in [0.2, 0.25) is 0 Å². The van der Waals surface area contributed by atoms with Crippen LogP contribution < -0.4 is 21.3 Å². The summed E-state index contributed by atoms with van der Waals surface area (Å²) in [6, 6.07) is 32.4. The Bertz CT molecular complexity index is 2640. The van der Waals surface area contributed by atoms with Crippen molar-refractivity contribution < 1.29 is 48.5 Å². The van der Waals surface area contributed by atoms with E-state index in [1.165, 1.54) is 24.3 Å². The van der Waals surface area contributed by atoms with Crippen LogP contribution in [0.25, 0.3) is 0 Å². The van der Waals surface area contributed by atoms with Gasteiger partial charge < -0.3 is 41.0 Å². The van der Waals surface area contributed by atoms with Crippen molar-refractivity contribution in [3.8, 4) is 11.5 Å². The Labute approximate surface area is 348 Å². The van der Waals surface area contributed by atoms with E-state index in [2.05, 4.69) is 21.3 Å². The van der Waals surface area contributed by atoms with E-state index in [1.54, 1.807) is 111 Å². The van der Waals surface area contributed by atoms with E-state index in [-0.39, 0.29) is 62.7 Å². The number of ketones is 4. The SMILES string of the molecule is CC(OC(=O)NCNC(=O)OC(C)c1cccc(Nc2ccc(O)c3c2C(=O)c2ccccc2C3=O)c1)c1cccc(Nc2ccc(O)c3c2C(=O)c2ccccc2C3=O)c1. The van der Waals surface area contributed by atoms with Crippen LogP contribution in [-0.2, 0) is 9.47 Å². The summed E-state index contributed by atoms with van der Waals surface area (Å²) in [6.07, 6.45) is -3.15. The third kappa shape index (κ3) is 7.60. The summed E-state index contributed by atoms with van der Waals surface area (Å²) in [4.78, 5) is 78.8. The Morgan fingerprint density at radius 1 is 0.492 bits per heavy atom. The molecule has 0 saturated heterocycles. The van der Waals surface area contributed by atoms with Gasteiger partial charge in [-0.15, -0.1) is 0 Å². The Kier molecular flexibility index (Phi) is 10.5. The third-order valence-corrected chi connectivity index (χ3v) is 10.4. The van der Waals surface area contributed by atoms with Gasteiger partial charge in [0.05, 0.1) is 40.3 Å². The Balaban J connectivity index is 0.846. The van der Waals surface area contributed by atoms with Crippen LogP contribution in [0, 0.1) is 0 Å². The number of ether oxygens (including phenoxy) is 2. The molecule has 0 spiro atoms. The lowest BCUT2D eigenvalue weighted by Crippen LogP contribution is -2.38. The highest BCUT2D eigenvalue weighted by Gasteiger charge is 2.35. The highest BCUT2D eigenvalue weighted by Crippen LogP contribution is 2.40. The van der Waals surface area contributed by atoms with Crippen molar-refractivity contribution in [3.63, 3.8) is 0 Å². The molecule has 0 aromatic heterocycles. The highest BCUT2D eigenvalue weighted by atomic mass is 16.6. The number of carbonyl (C=O) groups is 6. The molecule has 0 radical (unpaired) electrons. The average Bonchev–Trinajstić information content (AvgIpc) is 3.26. The van der Waals surface area contributed by atoms with Crippen molar-refractivity contribution in [2.45, 2.75) is 26.1 Å². The number of phenols is 2. The number of fused-ring (bicyclic) bond motifs is 4. The lowest BCUT2D eigenvalue weighted by molar-refractivity contribution is 0.0977. The summed E-state index contributed by atoms with van der Waals surface area (Å²) in [5, 5.41) is 32.3. The minimum Gasteiger partial charge on any atom is -0.507 e. The van der Waals surface area contributed by atoms with Gasteiger partial charge in [-0.3, -0.25) is 19.2 Å². The minimum absolute atomic E-state index is 0.0534. The van der Waals surface area contributed by atoms with Gasteiger partial charge in [-0.1, -0.05) is 72.8 Å². The second-order valence-corrected chi connectivity index (χ2v) is 14.3. The fraction of sp³-hybridized carbons (Fsp3) is 0.106. The normalized spacial score (nSPS) is 13.4. The van der Waals surface area contributed by atoms with Crippen LogP contribution in [0.3, 0.4) is 0 Å². The van der Waals surface area contributed by atoms with Crippen LogP contribution in [0.2, 0.25) is 0 Å². The van der Waals surface area contributed by atoms with E-state index in [9.17, 15) is 39.0 Å². The van der Waals surface area contributed by atoms with Gasteiger partial charge in [0.1, 0.15) is 23.7 Å². The number of benzene rings is 6. The molecule has 2 atom stereocenters. The maximum atomic E-state index is 13.5. The lowest BCUT2D eigenvalue weighted by Gasteiger charge is -2.22. The first kappa shape index (κ1) is 39.6. The molecule has 6 aromatic rings. The number of hydrogen-bond donors (Lipinski definition) is 6. The van der Waals surface area contributed by atoms with E-state index in [1.807, 2.05) is 0 Å². The molecule has 14 nitrogen and oxygen atoms in total. The molecule has 2 amide bonds. The average molecular weight is 817 g/mol. The molecule has 8 rings (SSSR count). The molecule has 0 heterocycles. The number of amides is 2. The second kappa shape index (κ2) is 16.2. The molecule has 0 fully saturated rings. The second-order valence-electron chi connectivity index (χ2n) is 14.3. The molecule has 0 saturated carbocycles. The molecule has 6 aromatic carbocycles. The summed E-state index contributed by atoms with van der Waals surface area (Å²) < 4.78 is 11.0. The Hall–Kier alpha value is -8.26. The van der Waals surface area contributed by atoms with Crippen molar-refractivity contribution in [1.29, 1.82) is 0 Å². The molecular weight excluding hydrogens is 781 g/mol. The molecule has 2 aliphatic carbocycles. The number of phenolic OH excluding ortho intramolecular Hbond substituents is 2. The molecule has 2 unspecified atom stereocenters. The molecule has 0 aliphatic heterocycles. The van der Waals surface area contributed by atoms with Gasteiger partial charge in [-0.2, -0.15) is 0 Å². The van der Waals surface area contributed by atoms with Crippen molar-refractivity contribution >= 4 is 58.1 Å². The van der Waals surface area contributed by atoms with Crippen molar-refractivity contribution in [2.75, 3.05) is 17.3 Å². The van der Waals surface area contributed by atoms with Crippen LogP contribution in [0.4, 0.5) is 32.3 Å². The fourth-order valence-corrected chi connectivity index (χ4v) is 7.40. The third-order valence-electron chi connectivity index (χ3n) is 10.4. The van der Waals surface area contributed by atoms with Crippen LogP contribution in [0.15, 0.2) is 121 Å². The van der Waals surface area contributed by atoms with Gasteiger partial charge in [0, 0.05) is 33.6 Å². The van der Waals surface area contributed by atoms with Crippen LogP contribution >= 0.6 is 0 Å².